The van der Waals surface area contributed by atoms with Gasteiger partial charge in [0.05, 0.1) is 5.92 Å². The SMILES string of the molecule is CCN1C[C@H](C(=O)NCCNC(=O)COc2ccccc2)CC1=O. The van der Waals surface area contributed by atoms with Crippen molar-refractivity contribution < 1.29 is 19.1 Å². The summed E-state index contributed by atoms with van der Waals surface area (Å²) in [5, 5.41) is 5.42. The number of hydrogen-bond donors (Lipinski definition) is 2. The molecular formula is C17H23N3O4. The average molecular weight is 333 g/mol. The second-order valence-corrected chi connectivity index (χ2v) is 5.58. The third kappa shape index (κ3) is 5.26. The molecule has 0 aromatic heterocycles. The van der Waals surface area contributed by atoms with Crippen molar-refractivity contribution >= 4 is 17.7 Å². The molecule has 24 heavy (non-hydrogen) atoms. The van der Waals surface area contributed by atoms with E-state index in [1.54, 1.807) is 17.0 Å². The Labute approximate surface area is 141 Å². The predicted octanol–water partition coefficient (Wildman–Crippen LogP) is 0.166. The van der Waals surface area contributed by atoms with Gasteiger partial charge < -0.3 is 20.3 Å². The smallest absolute Gasteiger partial charge is 0.258 e. The van der Waals surface area contributed by atoms with Crippen molar-refractivity contribution in [1.29, 1.82) is 0 Å². The Morgan fingerprint density at radius 3 is 2.58 bits per heavy atom. The maximum absolute atomic E-state index is 12.0. The van der Waals surface area contributed by atoms with E-state index in [0.717, 1.165) is 0 Å². The number of carbonyl (C=O) groups is 3. The minimum Gasteiger partial charge on any atom is -0.484 e. The summed E-state index contributed by atoms with van der Waals surface area (Å²) in [4.78, 5) is 36.9. The molecule has 3 amide bonds. The summed E-state index contributed by atoms with van der Waals surface area (Å²) in [6, 6.07) is 9.08. The van der Waals surface area contributed by atoms with Crippen LogP contribution in [0.15, 0.2) is 30.3 Å². The molecule has 1 heterocycles. The molecule has 0 saturated carbocycles. The van der Waals surface area contributed by atoms with E-state index >= 15 is 0 Å². The Bertz CT molecular complexity index is 576. The maximum atomic E-state index is 12.0. The normalized spacial score (nSPS) is 16.8. The van der Waals surface area contributed by atoms with Crippen LogP contribution in [0.5, 0.6) is 5.75 Å². The fourth-order valence-electron chi connectivity index (χ4n) is 2.50. The number of rotatable bonds is 8. The van der Waals surface area contributed by atoms with Crippen molar-refractivity contribution in [2.45, 2.75) is 13.3 Å². The van der Waals surface area contributed by atoms with Crippen LogP contribution in [0.4, 0.5) is 0 Å². The van der Waals surface area contributed by atoms with E-state index < -0.39 is 0 Å². The van der Waals surface area contributed by atoms with Gasteiger partial charge in [-0.25, -0.2) is 0 Å². The first-order valence-corrected chi connectivity index (χ1v) is 8.10. The Morgan fingerprint density at radius 2 is 1.92 bits per heavy atom. The van der Waals surface area contributed by atoms with Crippen molar-refractivity contribution in [3.8, 4) is 5.75 Å². The fourth-order valence-corrected chi connectivity index (χ4v) is 2.50. The van der Waals surface area contributed by atoms with Crippen LogP contribution < -0.4 is 15.4 Å². The van der Waals surface area contributed by atoms with Crippen molar-refractivity contribution in [1.82, 2.24) is 15.5 Å². The Kier molecular flexibility index (Phi) is 6.60. The number of likely N-dealkylation sites (tertiary alicyclic amines) is 1. The van der Waals surface area contributed by atoms with Gasteiger partial charge >= 0.3 is 0 Å². The minimum absolute atomic E-state index is 0.0176. The van der Waals surface area contributed by atoms with Gasteiger partial charge in [-0.1, -0.05) is 18.2 Å². The van der Waals surface area contributed by atoms with Crippen LogP contribution in [-0.4, -0.2) is 55.4 Å². The molecule has 1 aliphatic rings. The van der Waals surface area contributed by atoms with Crippen LogP contribution in [0.2, 0.25) is 0 Å². The molecule has 2 N–H and O–H groups in total. The highest BCUT2D eigenvalue weighted by Crippen LogP contribution is 2.17. The van der Waals surface area contributed by atoms with Gasteiger partial charge in [0.2, 0.25) is 11.8 Å². The summed E-state index contributed by atoms with van der Waals surface area (Å²) in [6.07, 6.45) is 0.261. The van der Waals surface area contributed by atoms with Crippen LogP contribution in [0.1, 0.15) is 13.3 Å². The molecule has 1 aromatic carbocycles. The van der Waals surface area contributed by atoms with E-state index in [4.69, 9.17) is 4.74 Å². The minimum atomic E-state index is -0.297. The molecule has 0 unspecified atom stereocenters. The summed E-state index contributed by atoms with van der Waals surface area (Å²) >= 11 is 0. The van der Waals surface area contributed by atoms with E-state index in [1.165, 1.54) is 0 Å². The van der Waals surface area contributed by atoms with Gasteiger partial charge in [-0.3, -0.25) is 14.4 Å². The van der Waals surface area contributed by atoms with E-state index in [1.807, 2.05) is 25.1 Å². The van der Waals surface area contributed by atoms with Crippen molar-refractivity contribution in [3.63, 3.8) is 0 Å². The molecule has 1 fully saturated rings. The number of amides is 3. The molecule has 1 aliphatic heterocycles. The second kappa shape index (κ2) is 8.90. The third-order valence-electron chi connectivity index (χ3n) is 3.83. The van der Waals surface area contributed by atoms with E-state index in [2.05, 4.69) is 10.6 Å². The number of carbonyl (C=O) groups excluding carboxylic acids is 3. The molecular weight excluding hydrogens is 310 g/mol. The first-order chi connectivity index (χ1) is 11.6. The zero-order chi connectivity index (χ0) is 17.4. The zero-order valence-corrected chi connectivity index (χ0v) is 13.8. The van der Waals surface area contributed by atoms with Gasteiger partial charge in [-0.05, 0) is 19.1 Å². The van der Waals surface area contributed by atoms with Crippen LogP contribution in [0.3, 0.4) is 0 Å². The molecule has 0 aliphatic carbocycles. The number of ether oxygens (including phenoxy) is 1. The maximum Gasteiger partial charge on any atom is 0.258 e. The molecule has 0 spiro atoms. The highest BCUT2D eigenvalue weighted by molar-refractivity contribution is 5.89. The van der Waals surface area contributed by atoms with E-state index in [0.29, 0.717) is 31.9 Å². The summed E-state index contributed by atoms with van der Waals surface area (Å²) in [7, 11) is 0. The standard InChI is InChI=1S/C17H23N3O4/c1-2-20-11-13(10-16(20)22)17(23)19-9-8-18-15(21)12-24-14-6-4-3-5-7-14/h3-7,13H,2,8-12H2,1H3,(H,18,21)(H,19,23)/t13-/m1/s1. The molecule has 7 nitrogen and oxygen atoms in total. The van der Waals surface area contributed by atoms with E-state index in [9.17, 15) is 14.4 Å². The first kappa shape index (κ1) is 17.8. The number of nitrogens with one attached hydrogen (secondary N) is 2. The second-order valence-electron chi connectivity index (χ2n) is 5.58. The largest absolute Gasteiger partial charge is 0.484 e. The topological polar surface area (TPSA) is 87.7 Å². The lowest BCUT2D eigenvalue weighted by molar-refractivity contribution is -0.128. The lowest BCUT2D eigenvalue weighted by atomic mass is 10.1. The van der Waals surface area contributed by atoms with Gasteiger partial charge in [0.25, 0.3) is 5.91 Å². The van der Waals surface area contributed by atoms with Gasteiger partial charge in [0.15, 0.2) is 6.61 Å². The predicted molar refractivity (Wildman–Crippen MR) is 88.3 cm³/mol. The summed E-state index contributed by atoms with van der Waals surface area (Å²) < 4.78 is 5.32. The molecule has 2 rings (SSSR count). The molecule has 1 aromatic rings. The average Bonchev–Trinajstić information content (AvgIpc) is 2.98. The van der Waals surface area contributed by atoms with Crippen LogP contribution in [0, 0.1) is 5.92 Å². The van der Waals surface area contributed by atoms with Crippen molar-refractivity contribution in [2.75, 3.05) is 32.8 Å². The lowest BCUT2D eigenvalue weighted by Gasteiger charge is -2.13. The van der Waals surface area contributed by atoms with Crippen molar-refractivity contribution in [3.05, 3.63) is 30.3 Å². The van der Waals surface area contributed by atoms with Crippen molar-refractivity contribution in [2.24, 2.45) is 5.92 Å². The first-order valence-electron chi connectivity index (χ1n) is 8.10. The van der Waals surface area contributed by atoms with Gasteiger partial charge in [-0.2, -0.15) is 0 Å². The molecule has 1 atom stereocenters. The molecule has 130 valence electrons. The van der Waals surface area contributed by atoms with Gasteiger partial charge in [-0.15, -0.1) is 0 Å². The Hall–Kier alpha value is -2.57. The number of nitrogens with zero attached hydrogens (tertiary/aromatic N) is 1. The molecule has 7 heteroatoms. The van der Waals surface area contributed by atoms with Crippen LogP contribution in [0.25, 0.3) is 0 Å². The van der Waals surface area contributed by atoms with Gasteiger partial charge in [0, 0.05) is 32.6 Å². The fraction of sp³-hybridized carbons (Fsp3) is 0.471. The monoisotopic (exact) mass is 333 g/mol. The number of para-hydroxylation sites is 1. The Balaban J connectivity index is 1.58. The zero-order valence-electron chi connectivity index (χ0n) is 13.8. The molecule has 1 saturated heterocycles. The van der Waals surface area contributed by atoms with Gasteiger partial charge in [0.1, 0.15) is 5.75 Å². The lowest BCUT2D eigenvalue weighted by Crippen LogP contribution is -2.39. The quantitative estimate of drug-likeness (QED) is 0.664. The van der Waals surface area contributed by atoms with Crippen LogP contribution >= 0.6 is 0 Å². The van der Waals surface area contributed by atoms with E-state index in [-0.39, 0.29) is 36.7 Å². The summed E-state index contributed by atoms with van der Waals surface area (Å²) in [6.45, 7) is 3.57. The number of hydrogen-bond acceptors (Lipinski definition) is 4. The Morgan fingerprint density at radius 1 is 1.21 bits per heavy atom. The third-order valence-corrected chi connectivity index (χ3v) is 3.83. The van der Waals surface area contributed by atoms with Crippen LogP contribution in [-0.2, 0) is 14.4 Å². The highest BCUT2D eigenvalue weighted by atomic mass is 16.5. The highest BCUT2D eigenvalue weighted by Gasteiger charge is 2.32. The summed E-state index contributed by atoms with van der Waals surface area (Å²) in [5.74, 6) is -0.0405. The summed E-state index contributed by atoms with van der Waals surface area (Å²) in [5.41, 5.74) is 0. The molecule has 0 radical (unpaired) electrons. The molecule has 0 bridgehead atoms. The number of benzene rings is 1.